The molecule has 3 atom stereocenters. The third-order valence-corrected chi connectivity index (χ3v) is 5.30. The molecular weight excluding hydrogens is 314 g/mol. The predicted molar refractivity (Wildman–Crippen MR) is 98.6 cm³/mol. The molecule has 1 saturated heterocycles. The summed E-state index contributed by atoms with van der Waals surface area (Å²) in [4.78, 5) is 2.19. The first-order chi connectivity index (χ1) is 12.0. The van der Waals surface area contributed by atoms with E-state index in [1.54, 1.807) is 7.11 Å². The monoisotopic (exact) mass is 341 g/mol. The van der Waals surface area contributed by atoms with Crippen molar-refractivity contribution in [3.63, 3.8) is 0 Å². The lowest BCUT2D eigenvalue weighted by molar-refractivity contribution is -0.0648. The minimum absolute atomic E-state index is 0.0797. The lowest BCUT2D eigenvalue weighted by Gasteiger charge is -2.43. The fraction of sp³-hybridized carbons (Fsp3) is 0.429. The third-order valence-electron chi connectivity index (χ3n) is 5.30. The van der Waals surface area contributed by atoms with Gasteiger partial charge in [0.15, 0.2) is 0 Å². The van der Waals surface area contributed by atoms with Crippen molar-refractivity contribution in [3.05, 3.63) is 65.7 Å². The fourth-order valence-electron chi connectivity index (χ4n) is 3.68. The molecular formula is C21H27NO3. The van der Waals surface area contributed by atoms with Crippen molar-refractivity contribution in [1.82, 2.24) is 4.90 Å². The zero-order valence-electron chi connectivity index (χ0n) is 14.9. The number of aliphatic hydroxyl groups is 2. The number of piperidine rings is 1. The van der Waals surface area contributed by atoms with Crippen LogP contribution in [0.4, 0.5) is 0 Å². The van der Waals surface area contributed by atoms with Gasteiger partial charge < -0.3 is 14.9 Å². The van der Waals surface area contributed by atoms with Crippen LogP contribution in [-0.2, 0) is 5.60 Å². The smallest absolute Gasteiger partial charge is 0.118 e. The Labute approximate surface area is 149 Å². The molecule has 1 aliphatic rings. The molecule has 1 heterocycles. The Balaban J connectivity index is 1.73. The number of aliphatic hydroxyl groups excluding tert-OH is 1. The number of ether oxygens (including phenoxy) is 1. The quantitative estimate of drug-likeness (QED) is 0.877. The van der Waals surface area contributed by atoms with Crippen LogP contribution < -0.4 is 4.74 Å². The van der Waals surface area contributed by atoms with Crippen molar-refractivity contribution in [3.8, 4) is 5.75 Å². The minimum atomic E-state index is -0.854. The van der Waals surface area contributed by atoms with E-state index in [-0.39, 0.29) is 6.04 Å². The lowest BCUT2D eigenvalue weighted by Crippen LogP contribution is -2.50. The van der Waals surface area contributed by atoms with Gasteiger partial charge in [-0.15, -0.1) is 0 Å². The molecule has 0 radical (unpaired) electrons. The Morgan fingerprint density at radius 1 is 1.08 bits per heavy atom. The van der Waals surface area contributed by atoms with E-state index in [0.717, 1.165) is 36.3 Å². The second-order valence-corrected chi connectivity index (χ2v) is 6.93. The highest BCUT2D eigenvalue weighted by atomic mass is 16.5. The summed E-state index contributed by atoms with van der Waals surface area (Å²) in [7, 11) is 1.63. The number of likely N-dealkylation sites (tertiary alicyclic amines) is 1. The Hall–Kier alpha value is -1.88. The summed E-state index contributed by atoms with van der Waals surface area (Å²) in [5.74, 6) is 0.778. The molecule has 0 amide bonds. The summed E-state index contributed by atoms with van der Waals surface area (Å²) >= 11 is 0. The summed E-state index contributed by atoms with van der Waals surface area (Å²) in [6.45, 7) is 3.43. The average molecular weight is 341 g/mol. The number of methoxy groups -OCH3 is 1. The summed E-state index contributed by atoms with van der Waals surface area (Å²) in [5.41, 5.74) is 0.959. The maximum Gasteiger partial charge on any atom is 0.118 e. The Bertz CT molecular complexity index is 673. The maximum atomic E-state index is 11.1. The summed E-state index contributed by atoms with van der Waals surface area (Å²) in [6.07, 6.45) is 1.05. The molecule has 2 N–H and O–H groups in total. The molecule has 2 aromatic rings. The maximum absolute atomic E-state index is 11.1. The molecule has 2 aromatic carbocycles. The van der Waals surface area contributed by atoms with Gasteiger partial charge in [-0.3, -0.25) is 4.90 Å². The van der Waals surface area contributed by atoms with Gasteiger partial charge in [0.05, 0.1) is 13.2 Å². The highest BCUT2D eigenvalue weighted by Gasteiger charge is 2.37. The molecule has 1 aliphatic heterocycles. The topological polar surface area (TPSA) is 52.9 Å². The predicted octanol–water partition coefficient (Wildman–Crippen LogP) is 3.10. The molecule has 0 spiro atoms. The van der Waals surface area contributed by atoms with Crippen molar-refractivity contribution in [2.75, 3.05) is 20.2 Å². The molecule has 134 valence electrons. The fourth-order valence-corrected chi connectivity index (χ4v) is 3.68. The number of β-amino-alcohol motifs (C(OH)–C–C–N with tert-alkyl or cyclic N) is 1. The SMILES string of the molecule is COc1ccc(C(O)C(C)N2CCCC(O)(c3ccccc3)C2)cc1. The first-order valence-electron chi connectivity index (χ1n) is 8.87. The molecule has 0 saturated carbocycles. The molecule has 4 heteroatoms. The second-order valence-electron chi connectivity index (χ2n) is 6.93. The molecule has 0 bridgehead atoms. The summed E-state index contributed by atoms with van der Waals surface area (Å²) < 4.78 is 5.18. The van der Waals surface area contributed by atoms with Crippen LogP contribution in [0.25, 0.3) is 0 Å². The van der Waals surface area contributed by atoms with E-state index in [0.29, 0.717) is 6.54 Å². The van der Waals surface area contributed by atoms with Crippen LogP contribution in [0.2, 0.25) is 0 Å². The zero-order chi connectivity index (χ0) is 17.9. The Kier molecular flexibility index (Phi) is 5.42. The van der Waals surface area contributed by atoms with Gasteiger partial charge in [0.2, 0.25) is 0 Å². The zero-order valence-corrected chi connectivity index (χ0v) is 14.9. The molecule has 4 nitrogen and oxygen atoms in total. The van der Waals surface area contributed by atoms with Crippen LogP contribution in [-0.4, -0.2) is 41.4 Å². The van der Waals surface area contributed by atoms with Crippen molar-refractivity contribution in [1.29, 1.82) is 0 Å². The van der Waals surface area contributed by atoms with Crippen LogP contribution in [0.5, 0.6) is 5.75 Å². The molecule has 3 unspecified atom stereocenters. The largest absolute Gasteiger partial charge is 0.497 e. The van der Waals surface area contributed by atoms with Gasteiger partial charge in [0.25, 0.3) is 0 Å². The van der Waals surface area contributed by atoms with Gasteiger partial charge in [0, 0.05) is 12.6 Å². The van der Waals surface area contributed by atoms with E-state index in [4.69, 9.17) is 4.74 Å². The van der Waals surface area contributed by atoms with Gasteiger partial charge in [-0.25, -0.2) is 0 Å². The number of benzene rings is 2. The normalized spacial score (nSPS) is 23.8. The van der Waals surface area contributed by atoms with Gasteiger partial charge >= 0.3 is 0 Å². The van der Waals surface area contributed by atoms with Gasteiger partial charge in [-0.05, 0) is 49.6 Å². The number of hydrogen-bond donors (Lipinski definition) is 2. The number of hydrogen-bond acceptors (Lipinski definition) is 4. The van der Waals surface area contributed by atoms with E-state index in [1.165, 1.54) is 0 Å². The second kappa shape index (κ2) is 7.56. The van der Waals surface area contributed by atoms with E-state index < -0.39 is 11.7 Å². The summed E-state index contributed by atoms with van der Waals surface area (Å²) in [5, 5.41) is 21.9. The first-order valence-corrected chi connectivity index (χ1v) is 8.87. The van der Waals surface area contributed by atoms with E-state index in [1.807, 2.05) is 61.5 Å². The van der Waals surface area contributed by atoms with Crippen LogP contribution in [0, 0.1) is 0 Å². The number of rotatable bonds is 5. The Morgan fingerprint density at radius 2 is 1.76 bits per heavy atom. The van der Waals surface area contributed by atoms with Crippen LogP contribution >= 0.6 is 0 Å². The highest BCUT2D eigenvalue weighted by molar-refractivity contribution is 5.29. The van der Waals surface area contributed by atoms with Crippen molar-refractivity contribution in [2.45, 2.75) is 37.5 Å². The molecule has 25 heavy (non-hydrogen) atoms. The van der Waals surface area contributed by atoms with Crippen molar-refractivity contribution < 1.29 is 14.9 Å². The molecule has 1 fully saturated rings. The minimum Gasteiger partial charge on any atom is -0.497 e. The lowest BCUT2D eigenvalue weighted by atomic mass is 9.84. The van der Waals surface area contributed by atoms with E-state index in [2.05, 4.69) is 4.90 Å². The molecule has 3 rings (SSSR count). The summed E-state index contributed by atoms with van der Waals surface area (Å²) in [6, 6.07) is 17.3. The Morgan fingerprint density at radius 3 is 2.40 bits per heavy atom. The number of nitrogens with zero attached hydrogens (tertiary/aromatic N) is 1. The first kappa shape index (κ1) is 17.9. The van der Waals surface area contributed by atoms with E-state index >= 15 is 0 Å². The highest BCUT2D eigenvalue weighted by Crippen LogP contribution is 2.34. The average Bonchev–Trinajstić information content (AvgIpc) is 2.67. The molecule has 0 aliphatic carbocycles. The van der Waals surface area contributed by atoms with Gasteiger partial charge in [-0.2, -0.15) is 0 Å². The standard InChI is InChI=1S/C21H27NO3/c1-16(20(23)17-9-11-19(25-2)12-10-17)22-14-6-13-21(24,15-22)18-7-4-3-5-8-18/h3-5,7-12,16,20,23-24H,6,13-15H2,1-2H3. The van der Waals surface area contributed by atoms with E-state index in [9.17, 15) is 10.2 Å². The van der Waals surface area contributed by atoms with Crippen molar-refractivity contribution >= 4 is 0 Å². The van der Waals surface area contributed by atoms with Gasteiger partial charge in [0.1, 0.15) is 11.4 Å². The molecule has 0 aromatic heterocycles. The van der Waals surface area contributed by atoms with Crippen LogP contribution in [0.3, 0.4) is 0 Å². The van der Waals surface area contributed by atoms with Crippen molar-refractivity contribution in [2.24, 2.45) is 0 Å². The van der Waals surface area contributed by atoms with Crippen LogP contribution in [0.15, 0.2) is 54.6 Å². The van der Waals surface area contributed by atoms with Gasteiger partial charge in [-0.1, -0.05) is 42.5 Å². The third kappa shape index (κ3) is 3.87. The van der Waals surface area contributed by atoms with Crippen LogP contribution in [0.1, 0.15) is 37.0 Å².